The van der Waals surface area contributed by atoms with Gasteiger partial charge in [0.05, 0.1) is 12.2 Å². The van der Waals surface area contributed by atoms with Crippen molar-refractivity contribution >= 4 is 41.5 Å². The number of carbonyl (C=O) groups is 1. The second-order valence-corrected chi connectivity index (χ2v) is 7.26. The number of aliphatic imine (C=N–C) groups is 1. The van der Waals surface area contributed by atoms with Crippen LogP contribution in [0.1, 0.15) is 32.1 Å². The summed E-state index contributed by atoms with van der Waals surface area (Å²) < 4.78 is 39.8. The Morgan fingerprint density at radius 3 is 2.59 bits per heavy atom. The minimum Gasteiger partial charge on any atom is -0.352 e. The molecule has 0 spiro atoms. The Bertz CT molecular complexity index is 743. The molecule has 0 radical (unpaired) electrons. The van der Waals surface area contributed by atoms with Crippen molar-refractivity contribution in [2.24, 2.45) is 4.99 Å². The van der Waals surface area contributed by atoms with E-state index in [4.69, 9.17) is 0 Å². The number of benzene rings is 1. The maximum Gasteiger partial charge on any atom is 0.243 e. The van der Waals surface area contributed by atoms with Crippen molar-refractivity contribution in [1.82, 2.24) is 15.5 Å². The molecule has 1 aliphatic carbocycles. The quantitative estimate of drug-likeness (QED) is 0.240. The molecule has 1 saturated heterocycles. The average Bonchev–Trinajstić information content (AvgIpc) is 3.37. The van der Waals surface area contributed by atoms with Crippen LogP contribution < -0.4 is 16.0 Å². The highest BCUT2D eigenvalue weighted by atomic mass is 127. The van der Waals surface area contributed by atoms with Crippen LogP contribution in [0.3, 0.4) is 0 Å². The predicted molar refractivity (Wildman–Crippen MR) is 117 cm³/mol. The lowest BCUT2D eigenvalue weighted by molar-refractivity contribution is -0.115. The summed E-state index contributed by atoms with van der Waals surface area (Å²) in [5.74, 6) is -4.46. The van der Waals surface area contributed by atoms with Gasteiger partial charge in [-0.05, 0) is 31.4 Å². The number of carbonyl (C=O) groups excluding carboxylic acids is 1. The van der Waals surface area contributed by atoms with Crippen LogP contribution in [0.2, 0.25) is 0 Å². The van der Waals surface area contributed by atoms with Crippen LogP contribution in [0.15, 0.2) is 17.1 Å². The van der Waals surface area contributed by atoms with Gasteiger partial charge in [0, 0.05) is 32.2 Å². The molecule has 29 heavy (non-hydrogen) atoms. The van der Waals surface area contributed by atoms with E-state index in [0.29, 0.717) is 12.0 Å². The molecule has 1 atom stereocenters. The summed E-state index contributed by atoms with van der Waals surface area (Å²) in [6.45, 7) is 1.81. The molecule has 162 valence electrons. The number of halogens is 4. The number of guanidine groups is 1. The number of rotatable bonds is 5. The first kappa shape index (κ1) is 23.7. The third-order valence-electron chi connectivity index (χ3n) is 5.35. The van der Waals surface area contributed by atoms with Crippen LogP contribution in [0.5, 0.6) is 0 Å². The van der Waals surface area contributed by atoms with E-state index in [0.717, 1.165) is 31.6 Å². The fraction of sp³-hybridized carbons (Fsp3) is 0.579. The monoisotopic (exact) mass is 525 g/mol. The number of nitrogens with one attached hydrogen (secondary N) is 3. The molecule has 1 aromatic carbocycles. The lowest BCUT2D eigenvalue weighted by Crippen LogP contribution is -2.47. The van der Waals surface area contributed by atoms with Gasteiger partial charge in [-0.3, -0.25) is 14.7 Å². The number of hydrogen-bond acceptors (Lipinski definition) is 3. The van der Waals surface area contributed by atoms with Crippen LogP contribution in [0.25, 0.3) is 0 Å². The van der Waals surface area contributed by atoms with E-state index in [1.807, 2.05) is 0 Å². The van der Waals surface area contributed by atoms with Gasteiger partial charge >= 0.3 is 0 Å². The van der Waals surface area contributed by atoms with E-state index < -0.39 is 29.0 Å². The fourth-order valence-corrected chi connectivity index (χ4v) is 3.88. The Morgan fingerprint density at radius 1 is 1.17 bits per heavy atom. The molecule has 0 bridgehead atoms. The second-order valence-electron chi connectivity index (χ2n) is 7.26. The van der Waals surface area contributed by atoms with Crippen LogP contribution in [0, 0.1) is 17.5 Å². The number of anilines is 1. The fourth-order valence-electron chi connectivity index (χ4n) is 3.88. The van der Waals surface area contributed by atoms with Gasteiger partial charge in [-0.15, -0.1) is 24.0 Å². The minimum absolute atomic E-state index is 0. The van der Waals surface area contributed by atoms with Crippen LogP contribution in [-0.4, -0.2) is 55.5 Å². The summed E-state index contributed by atoms with van der Waals surface area (Å²) in [6, 6.07) is 2.67. The normalized spacial score (nSPS) is 20.4. The van der Waals surface area contributed by atoms with Crippen molar-refractivity contribution in [3.05, 3.63) is 29.6 Å². The Morgan fingerprint density at radius 2 is 1.90 bits per heavy atom. The number of amides is 1. The van der Waals surface area contributed by atoms with Gasteiger partial charge < -0.3 is 16.0 Å². The average molecular weight is 525 g/mol. The summed E-state index contributed by atoms with van der Waals surface area (Å²) >= 11 is 0. The molecular formula is C19H27F3IN5O. The first-order valence-corrected chi connectivity index (χ1v) is 9.62. The summed E-state index contributed by atoms with van der Waals surface area (Å²) in [5.41, 5.74) is -0.406. The van der Waals surface area contributed by atoms with E-state index in [1.165, 1.54) is 25.7 Å². The summed E-state index contributed by atoms with van der Waals surface area (Å²) in [4.78, 5) is 18.6. The van der Waals surface area contributed by atoms with Crippen molar-refractivity contribution < 1.29 is 18.0 Å². The maximum absolute atomic E-state index is 13.6. The molecule has 6 nitrogen and oxygen atoms in total. The molecule has 1 aliphatic heterocycles. The molecule has 2 fully saturated rings. The highest BCUT2D eigenvalue weighted by Crippen LogP contribution is 2.26. The van der Waals surface area contributed by atoms with Crippen molar-refractivity contribution in [2.75, 3.05) is 32.0 Å². The Kier molecular flexibility index (Phi) is 9.00. The largest absolute Gasteiger partial charge is 0.352 e. The molecule has 3 N–H and O–H groups in total. The zero-order valence-corrected chi connectivity index (χ0v) is 18.6. The minimum atomic E-state index is -1.61. The van der Waals surface area contributed by atoms with Crippen molar-refractivity contribution in [1.29, 1.82) is 0 Å². The zero-order chi connectivity index (χ0) is 20.1. The van der Waals surface area contributed by atoms with Gasteiger partial charge in [0.25, 0.3) is 0 Å². The molecule has 0 aromatic heterocycles. The van der Waals surface area contributed by atoms with Crippen LogP contribution in [-0.2, 0) is 4.79 Å². The molecule has 1 amide bonds. The SMILES string of the molecule is CN=C(NCC(=O)Nc1ccc(F)c(F)c1F)NC1CCN(C2CCCC2)C1.I. The smallest absolute Gasteiger partial charge is 0.243 e. The Balaban J connectivity index is 0.00000300. The van der Waals surface area contributed by atoms with Crippen molar-refractivity contribution in [3.8, 4) is 0 Å². The van der Waals surface area contributed by atoms with Gasteiger partial charge in [-0.2, -0.15) is 0 Å². The van der Waals surface area contributed by atoms with E-state index in [1.54, 1.807) is 7.05 Å². The molecule has 1 aromatic rings. The van der Waals surface area contributed by atoms with Crippen LogP contribution in [0.4, 0.5) is 18.9 Å². The Labute approximate surface area is 185 Å². The summed E-state index contributed by atoms with van der Waals surface area (Å²) in [6.07, 6.45) is 6.14. The topological polar surface area (TPSA) is 68.8 Å². The van der Waals surface area contributed by atoms with Crippen LogP contribution >= 0.6 is 24.0 Å². The molecule has 2 aliphatic rings. The van der Waals surface area contributed by atoms with E-state index in [9.17, 15) is 18.0 Å². The first-order chi connectivity index (χ1) is 13.5. The van der Waals surface area contributed by atoms with E-state index in [-0.39, 0.29) is 36.6 Å². The third kappa shape index (κ3) is 6.21. The summed E-state index contributed by atoms with van der Waals surface area (Å²) in [7, 11) is 1.60. The molecule has 3 rings (SSSR count). The van der Waals surface area contributed by atoms with Crippen molar-refractivity contribution in [2.45, 2.75) is 44.2 Å². The maximum atomic E-state index is 13.6. The highest BCUT2D eigenvalue weighted by molar-refractivity contribution is 14.0. The Hall–Kier alpha value is -1.56. The van der Waals surface area contributed by atoms with Gasteiger partial charge in [-0.25, -0.2) is 13.2 Å². The summed E-state index contributed by atoms with van der Waals surface area (Å²) in [5, 5.41) is 8.39. The number of hydrogen-bond donors (Lipinski definition) is 3. The number of nitrogens with zero attached hydrogens (tertiary/aromatic N) is 2. The third-order valence-corrected chi connectivity index (χ3v) is 5.35. The molecule has 1 heterocycles. The lowest BCUT2D eigenvalue weighted by atomic mass is 10.2. The van der Waals surface area contributed by atoms with E-state index in [2.05, 4.69) is 25.8 Å². The van der Waals surface area contributed by atoms with E-state index >= 15 is 0 Å². The predicted octanol–water partition coefficient (Wildman–Crippen LogP) is 2.84. The van der Waals surface area contributed by atoms with Gasteiger partial charge in [0.15, 0.2) is 23.4 Å². The van der Waals surface area contributed by atoms with Gasteiger partial charge in [0.1, 0.15) is 0 Å². The first-order valence-electron chi connectivity index (χ1n) is 9.62. The van der Waals surface area contributed by atoms with Crippen molar-refractivity contribution in [3.63, 3.8) is 0 Å². The molecule has 10 heteroatoms. The zero-order valence-electron chi connectivity index (χ0n) is 16.3. The standard InChI is InChI=1S/C19H26F3N5O.HI/c1-23-19(25-12-8-9-27(11-12)13-4-2-3-5-13)24-10-16(28)26-15-7-6-14(20)17(21)18(15)22;/h6-7,12-13H,2-5,8-11H2,1H3,(H,26,28)(H2,23,24,25);1H. The highest BCUT2D eigenvalue weighted by Gasteiger charge is 2.30. The molecule has 1 unspecified atom stereocenters. The number of likely N-dealkylation sites (tertiary alicyclic amines) is 1. The molecule has 1 saturated carbocycles. The molecular weight excluding hydrogens is 498 g/mol. The van der Waals surface area contributed by atoms with Gasteiger partial charge in [-0.1, -0.05) is 12.8 Å². The lowest BCUT2D eigenvalue weighted by Gasteiger charge is -2.24. The second kappa shape index (κ2) is 11.0. The van der Waals surface area contributed by atoms with Gasteiger partial charge in [0.2, 0.25) is 5.91 Å².